The Morgan fingerprint density at radius 2 is 1.81 bits per heavy atom. The van der Waals surface area contributed by atoms with Crippen LogP contribution in [0.2, 0.25) is 0 Å². The minimum absolute atomic E-state index is 0.0289. The molecule has 0 bridgehead atoms. The molecular formula is C18H20N2O6. The summed E-state index contributed by atoms with van der Waals surface area (Å²) in [6.45, 7) is 0.651. The largest absolute Gasteiger partial charge is 0.493 e. The SMILES string of the molecule is COc1cc(CN(C)CC(=O)O)ccc1OCc1ccc([N+](=O)[O-])cc1. The number of non-ortho nitro benzene ring substituents is 1. The number of methoxy groups -OCH3 is 1. The van der Waals surface area contributed by atoms with Crippen LogP contribution in [0, 0.1) is 10.1 Å². The molecule has 0 saturated heterocycles. The predicted octanol–water partition coefficient (Wildman–Crippen LogP) is 2.70. The van der Waals surface area contributed by atoms with Gasteiger partial charge >= 0.3 is 5.97 Å². The molecule has 8 nitrogen and oxygen atoms in total. The van der Waals surface area contributed by atoms with Gasteiger partial charge in [0.2, 0.25) is 0 Å². The fraction of sp³-hybridized carbons (Fsp3) is 0.278. The molecule has 0 unspecified atom stereocenters. The fourth-order valence-corrected chi connectivity index (χ4v) is 2.40. The van der Waals surface area contributed by atoms with E-state index in [2.05, 4.69) is 0 Å². The third-order valence-corrected chi connectivity index (χ3v) is 3.63. The molecule has 0 amide bonds. The second-order valence-electron chi connectivity index (χ2n) is 5.76. The minimum atomic E-state index is -0.887. The normalized spacial score (nSPS) is 10.6. The first-order valence-corrected chi connectivity index (χ1v) is 7.82. The zero-order chi connectivity index (χ0) is 19.1. The van der Waals surface area contributed by atoms with E-state index in [0.717, 1.165) is 11.1 Å². The van der Waals surface area contributed by atoms with Crippen molar-refractivity contribution in [2.45, 2.75) is 13.2 Å². The molecule has 2 aromatic rings. The molecule has 0 aliphatic heterocycles. The number of carboxylic acids is 1. The number of nitro groups is 1. The lowest BCUT2D eigenvalue weighted by Crippen LogP contribution is -2.25. The van der Waals surface area contributed by atoms with E-state index in [1.54, 1.807) is 36.2 Å². The monoisotopic (exact) mass is 360 g/mol. The smallest absolute Gasteiger partial charge is 0.317 e. The van der Waals surface area contributed by atoms with Crippen molar-refractivity contribution >= 4 is 11.7 Å². The van der Waals surface area contributed by atoms with Crippen molar-refractivity contribution in [3.8, 4) is 11.5 Å². The van der Waals surface area contributed by atoms with Gasteiger partial charge in [-0.15, -0.1) is 0 Å². The van der Waals surface area contributed by atoms with Crippen molar-refractivity contribution in [1.82, 2.24) is 4.90 Å². The summed E-state index contributed by atoms with van der Waals surface area (Å²) in [5.41, 5.74) is 1.72. The first-order chi connectivity index (χ1) is 12.4. The van der Waals surface area contributed by atoms with Crippen LogP contribution in [0.5, 0.6) is 11.5 Å². The summed E-state index contributed by atoms with van der Waals surface area (Å²) in [6.07, 6.45) is 0. The molecule has 26 heavy (non-hydrogen) atoms. The molecule has 0 heterocycles. The van der Waals surface area contributed by atoms with E-state index in [1.165, 1.54) is 19.2 Å². The molecule has 8 heteroatoms. The van der Waals surface area contributed by atoms with Crippen molar-refractivity contribution in [2.75, 3.05) is 20.7 Å². The Kier molecular flexibility index (Phi) is 6.51. The second-order valence-corrected chi connectivity index (χ2v) is 5.76. The van der Waals surface area contributed by atoms with E-state index in [1.807, 2.05) is 6.07 Å². The molecule has 0 aliphatic rings. The van der Waals surface area contributed by atoms with Crippen LogP contribution in [0.1, 0.15) is 11.1 Å². The van der Waals surface area contributed by atoms with E-state index in [-0.39, 0.29) is 18.8 Å². The number of nitrogens with zero attached hydrogens (tertiary/aromatic N) is 2. The first-order valence-electron chi connectivity index (χ1n) is 7.82. The third kappa shape index (κ3) is 5.45. The molecule has 1 N–H and O–H groups in total. The van der Waals surface area contributed by atoms with Crippen LogP contribution in [-0.2, 0) is 17.9 Å². The number of ether oxygens (including phenoxy) is 2. The maximum absolute atomic E-state index is 10.7. The van der Waals surface area contributed by atoms with Crippen LogP contribution in [0.3, 0.4) is 0 Å². The van der Waals surface area contributed by atoms with Crippen LogP contribution in [0.15, 0.2) is 42.5 Å². The van der Waals surface area contributed by atoms with Gasteiger partial charge in [0.25, 0.3) is 5.69 Å². The van der Waals surface area contributed by atoms with Gasteiger partial charge in [-0.2, -0.15) is 0 Å². The lowest BCUT2D eigenvalue weighted by Gasteiger charge is -2.16. The maximum Gasteiger partial charge on any atom is 0.317 e. The molecule has 0 spiro atoms. The Morgan fingerprint density at radius 3 is 2.38 bits per heavy atom. The quantitative estimate of drug-likeness (QED) is 0.542. The van der Waals surface area contributed by atoms with E-state index >= 15 is 0 Å². The standard InChI is InChI=1S/C18H20N2O6/c1-19(11-18(21)22)10-14-5-8-16(17(9-14)25-2)26-12-13-3-6-15(7-4-13)20(23)24/h3-9H,10-12H2,1-2H3,(H,21,22). The lowest BCUT2D eigenvalue weighted by atomic mass is 10.2. The molecule has 0 radical (unpaired) electrons. The highest BCUT2D eigenvalue weighted by atomic mass is 16.6. The highest BCUT2D eigenvalue weighted by Crippen LogP contribution is 2.29. The van der Waals surface area contributed by atoms with Gasteiger partial charge in [-0.3, -0.25) is 19.8 Å². The Hall–Kier alpha value is -3.13. The summed E-state index contributed by atoms with van der Waals surface area (Å²) in [7, 11) is 3.25. The summed E-state index contributed by atoms with van der Waals surface area (Å²) in [6, 6.07) is 11.5. The van der Waals surface area contributed by atoms with Crippen LogP contribution in [-0.4, -0.2) is 41.6 Å². The molecule has 2 aromatic carbocycles. The molecule has 2 rings (SSSR count). The van der Waals surface area contributed by atoms with E-state index in [0.29, 0.717) is 18.0 Å². The number of benzene rings is 2. The number of hydrogen-bond donors (Lipinski definition) is 1. The van der Waals surface area contributed by atoms with Gasteiger partial charge in [-0.25, -0.2) is 0 Å². The number of nitro benzene ring substituents is 1. The predicted molar refractivity (Wildman–Crippen MR) is 94.4 cm³/mol. The summed E-state index contributed by atoms with van der Waals surface area (Å²) in [5, 5.41) is 19.5. The van der Waals surface area contributed by atoms with Crippen LogP contribution >= 0.6 is 0 Å². The average molecular weight is 360 g/mol. The highest BCUT2D eigenvalue weighted by Gasteiger charge is 2.10. The third-order valence-electron chi connectivity index (χ3n) is 3.63. The van der Waals surface area contributed by atoms with Gasteiger partial charge in [0, 0.05) is 18.7 Å². The average Bonchev–Trinajstić information content (AvgIpc) is 2.60. The zero-order valence-electron chi connectivity index (χ0n) is 14.5. The fourth-order valence-electron chi connectivity index (χ4n) is 2.40. The molecule has 138 valence electrons. The molecular weight excluding hydrogens is 340 g/mol. The molecule has 0 fully saturated rings. The molecule has 0 aromatic heterocycles. The van der Waals surface area contributed by atoms with Gasteiger partial charge in [0.15, 0.2) is 11.5 Å². The van der Waals surface area contributed by atoms with Gasteiger partial charge in [0.1, 0.15) is 6.61 Å². The number of carbonyl (C=O) groups is 1. The topological polar surface area (TPSA) is 102 Å². The van der Waals surface area contributed by atoms with Crippen LogP contribution < -0.4 is 9.47 Å². The Labute approximate surface area is 150 Å². The van der Waals surface area contributed by atoms with E-state index in [4.69, 9.17) is 14.6 Å². The second kappa shape index (κ2) is 8.82. The van der Waals surface area contributed by atoms with Gasteiger partial charge in [-0.05, 0) is 42.4 Å². The molecule has 0 aliphatic carbocycles. The molecule has 0 atom stereocenters. The zero-order valence-corrected chi connectivity index (χ0v) is 14.5. The summed E-state index contributed by atoms with van der Waals surface area (Å²) in [4.78, 5) is 22.6. The van der Waals surface area contributed by atoms with Crippen LogP contribution in [0.25, 0.3) is 0 Å². The van der Waals surface area contributed by atoms with Gasteiger partial charge in [-0.1, -0.05) is 6.07 Å². The number of rotatable bonds is 9. The minimum Gasteiger partial charge on any atom is -0.493 e. The van der Waals surface area contributed by atoms with E-state index in [9.17, 15) is 14.9 Å². The van der Waals surface area contributed by atoms with Crippen molar-refractivity contribution < 1.29 is 24.3 Å². The summed E-state index contributed by atoms with van der Waals surface area (Å²) in [5.74, 6) is 0.186. The lowest BCUT2D eigenvalue weighted by molar-refractivity contribution is -0.384. The number of carboxylic acid groups (broad SMARTS) is 1. The van der Waals surface area contributed by atoms with Crippen molar-refractivity contribution in [1.29, 1.82) is 0 Å². The van der Waals surface area contributed by atoms with Crippen molar-refractivity contribution in [3.05, 3.63) is 63.7 Å². The van der Waals surface area contributed by atoms with Crippen LogP contribution in [0.4, 0.5) is 5.69 Å². The maximum atomic E-state index is 10.7. The summed E-state index contributed by atoms with van der Waals surface area (Å²) >= 11 is 0. The number of likely N-dealkylation sites (N-methyl/N-ethyl adjacent to an activating group) is 1. The van der Waals surface area contributed by atoms with Gasteiger partial charge in [0.05, 0.1) is 18.6 Å². The Morgan fingerprint density at radius 1 is 1.15 bits per heavy atom. The highest BCUT2D eigenvalue weighted by molar-refractivity contribution is 5.69. The Bertz CT molecular complexity index is 776. The van der Waals surface area contributed by atoms with Crippen molar-refractivity contribution in [3.63, 3.8) is 0 Å². The Balaban J connectivity index is 2.02. The molecule has 0 saturated carbocycles. The van der Waals surface area contributed by atoms with Gasteiger partial charge < -0.3 is 14.6 Å². The number of aliphatic carboxylic acids is 1. The first kappa shape index (κ1) is 19.2. The van der Waals surface area contributed by atoms with Crippen molar-refractivity contribution in [2.24, 2.45) is 0 Å². The summed E-state index contributed by atoms with van der Waals surface area (Å²) < 4.78 is 11.1. The van der Waals surface area contributed by atoms with E-state index < -0.39 is 10.9 Å². The number of hydrogen-bond acceptors (Lipinski definition) is 6.